The van der Waals surface area contributed by atoms with Gasteiger partial charge < -0.3 is 14.4 Å². The fourth-order valence-corrected chi connectivity index (χ4v) is 3.94. The number of nitrogens with zero attached hydrogens (tertiary/aromatic N) is 5. The minimum Gasteiger partial charge on any atom is -0.378 e. The van der Waals surface area contributed by atoms with Crippen LogP contribution in [0.4, 0.5) is 5.69 Å². The number of amides is 1. The van der Waals surface area contributed by atoms with E-state index in [1.54, 1.807) is 0 Å². The van der Waals surface area contributed by atoms with Gasteiger partial charge in [0.1, 0.15) is 5.82 Å². The molecule has 0 unspecified atom stereocenters. The summed E-state index contributed by atoms with van der Waals surface area (Å²) < 4.78 is 2.16. The zero-order valence-corrected chi connectivity index (χ0v) is 17.0. The molecule has 1 fully saturated rings. The van der Waals surface area contributed by atoms with E-state index in [0.29, 0.717) is 13.1 Å². The van der Waals surface area contributed by atoms with E-state index >= 15 is 0 Å². The average Bonchev–Trinajstić information content (AvgIpc) is 3.22. The first kappa shape index (κ1) is 19.2. The van der Waals surface area contributed by atoms with Crippen LogP contribution in [0.1, 0.15) is 40.6 Å². The number of benzene rings is 1. The van der Waals surface area contributed by atoms with Crippen LogP contribution in [0.5, 0.6) is 0 Å². The quantitative estimate of drug-likeness (QED) is 0.671. The molecular weight excluding hydrogens is 362 g/mol. The van der Waals surface area contributed by atoms with Gasteiger partial charge >= 0.3 is 0 Å². The summed E-state index contributed by atoms with van der Waals surface area (Å²) in [7, 11) is 4.00. The molecule has 1 amide bonds. The van der Waals surface area contributed by atoms with Gasteiger partial charge in [-0.2, -0.15) is 0 Å². The van der Waals surface area contributed by atoms with Crippen LogP contribution in [0.15, 0.2) is 61.1 Å². The molecular formula is C23H27N5O. The number of imidazole rings is 1. The average molecular weight is 390 g/mol. The van der Waals surface area contributed by atoms with E-state index in [2.05, 4.69) is 14.5 Å². The molecule has 6 heteroatoms. The van der Waals surface area contributed by atoms with Gasteiger partial charge in [-0.25, -0.2) is 4.98 Å². The predicted molar refractivity (Wildman–Crippen MR) is 114 cm³/mol. The SMILES string of the molecule is CN(C)c1ccc(C(=O)N2CCC[C@H](c3nccn3Cc3ccccn3)C2)cc1. The van der Waals surface area contributed by atoms with Crippen LogP contribution in [-0.4, -0.2) is 52.5 Å². The van der Waals surface area contributed by atoms with Gasteiger partial charge in [0.2, 0.25) is 0 Å². The second-order valence-electron chi connectivity index (χ2n) is 7.77. The van der Waals surface area contributed by atoms with Crippen molar-refractivity contribution in [1.29, 1.82) is 0 Å². The van der Waals surface area contributed by atoms with E-state index in [-0.39, 0.29) is 11.8 Å². The van der Waals surface area contributed by atoms with Crippen molar-refractivity contribution in [2.45, 2.75) is 25.3 Å². The van der Waals surface area contributed by atoms with Crippen molar-refractivity contribution in [3.05, 3.63) is 78.1 Å². The second-order valence-corrected chi connectivity index (χ2v) is 7.77. The Morgan fingerprint density at radius 3 is 2.66 bits per heavy atom. The van der Waals surface area contributed by atoms with Crippen molar-refractivity contribution in [1.82, 2.24) is 19.4 Å². The molecule has 6 nitrogen and oxygen atoms in total. The van der Waals surface area contributed by atoms with E-state index in [1.165, 1.54) is 0 Å². The Kier molecular flexibility index (Phi) is 5.60. The van der Waals surface area contributed by atoms with E-state index < -0.39 is 0 Å². The Labute approximate surface area is 171 Å². The normalized spacial score (nSPS) is 16.6. The standard InChI is InChI=1S/C23H27N5O/c1-26(2)21-10-8-18(9-11-21)23(29)28-14-5-6-19(16-28)22-25-13-15-27(22)17-20-7-3-4-12-24-20/h3-4,7-13,15,19H,5-6,14,16-17H2,1-2H3/t19-/m0/s1. The molecule has 150 valence electrons. The van der Waals surface area contributed by atoms with Crippen LogP contribution in [0.25, 0.3) is 0 Å². The van der Waals surface area contributed by atoms with Gasteiger partial charge in [-0.05, 0) is 49.2 Å². The molecule has 0 aliphatic carbocycles. The number of hydrogen-bond acceptors (Lipinski definition) is 4. The first-order chi connectivity index (χ1) is 14.1. The summed E-state index contributed by atoms with van der Waals surface area (Å²) in [6.07, 6.45) is 7.70. The Morgan fingerprint density at radius 2 is 1.93 bits per heavy atom. The Bertz CT molecular complexity index is 949. The molecule has 2 aromatic heterocycles. The fourth-order valence-electron chi connectivity index (χ4n) is 3.94. The highest BCUT2D eigenvalue weighted by molar-refractivity contribution is 5.94. The molecule has 1 aliphatic heterocycles. The minimum atomic E-state index is 0.0999. The first-order valence-corrected chi connectivity index (χ1v) is 10.1. The number of carbonyl (C=O) groups excluding carboxylic acids is 1. The lowest BCUT2D eigenvalue weighted by Crippen LogP contribution is -2.39. The van der Waals surface area contributed by atoms with Crippen LogP contribution >= 0.6 is 0 Å². The molecule has 29 heavy (non-hydrogen) atoms. The number of anilines is 1. The Morgan fingerprint density at radius 1 is 1.10 bits per heavy atom. The highest BCUT2D eigenvalue weighted by Gasteiger charge is 2.28. The van der Waals surface area contributed by atoms with Crippen LogP contribution in [0, 0.1) is 0 Å². The molecule has 3 heterocycles. The van der Waals surface area contributed by atoms with E-state index in [9.17, 15) is 4.79 Å². The highest BCUT2D eigenvalue weighted by atomic mass is 16.2. The maximum Gasteiger partial charge on any atom is 0.253 e. The Hall–Kier alpha value is -3.15. The van der Waals surface area contributed by atoms with Crippen molar-refractivity contribution in [2.24, 2.45) is 0 Å². The van der Waals surface area contributed by atoms with E-state index in [1.807, 2.05) is 85.0 Å². The lowest BCUT2D eigenvalue weighted by Gasteiger charge is -2.33. The molecule has 1 atom stereocenters. The van der Waals surface area contributed by atoms with Gasteiger partial charge in [0.05, 0.1) is 12.2 Å². The molecule has 0 N–H and O–H groups in total. The third kappa shape index (κ3) is 4.31. The first-order valence-electron chi connectivity index (χ1n) is 10.1. The van der Waals surface area contributed by atoms with Crippen molar-refractivity contribution in [3.8, 4) is 0 Å². The molecule has 0 spiro atoms. The number of carbonyl (C=O) groups is 1. The lowest BCUT2D eigenvalue weighted by molar-refractivity contribution is 0.0703. The summed E-state index contributed by atoms with van der Waals surface area (Å²) in [5.74, 6) is 1.38. The number of aromatic nitrogens is 3. The van der Waals surface area contributed by atoms with E-state index in [0.717, 1.165) is 42.2 Å². The van der Waals surface area contributed by atoms with Gasteiger partial charge in [-0.3, -0.25) is 9.78 Å². The molecule has 0 bridgehead atoms. The number of rotatable bonds is 5. The molecule has 0 radical (unpaired) electrons. The second kappa shape index (κ2) is 8.47. The zero-order valence-electron chi connectivity index (χ0n) is 17.0. The smallest absolute Gasteiger partial charge is 0.253 e. The highest BCUT2D eigenvalue weighted by Crippen LogP contribution is 2.27. The fraction of sp³-hybridized carbons (Fsp3) is 0.348. The summed E-state index contributed by atoms with van der Waals surface area (Å²) in [5.41, 5.74) is 2.85. The molecule has 1 aliphatic rings. The van der Waals surface area contributed by atoms with Gasteiger partial charge in [0.25, 0.3) is 5.91 Å². The topological polar surface area (TPSA) is 54.3 Å². The third-order valence-electron chi connectivity index (χ3n) is 5.51. The minimum absolute atomic E-state index is 0.0999. The van der Waals surface area contributed by atoms with Gasteiger partial charge in [-0.15, -0.1) is 0 Å². The van der Waals surface area contributed by atoms with Gasteiger partial charge in [0.15, 0.2) is 0 Å². The van der Waals surface area contributed by atoms with Crippen molar-refractivity contribution in [2.75, 3.05) is 32.1 Å². The summed E-state index contributed by atoms with van der Waals surface area (Å²) in [5, 5.41) is 0. The largest absolute Gasteiger partial charge is 0.378 e. The van der Waals surface area contributed by atoms with Crippen LogP contribution in [-0.2, 0) is 6.54 Å². The summed E-state index contributed by atoms with van der Waals surface area (Å²) in [4.78, 5) is 26.1. The van der Waals surface area contributed by atoms with Crippen LogP contribution in [0.3, 0.4) is 0 Å². The lowest BCUT2D eigenvalue weighted by atomic mass is 9.96. The summed E-state index contributed by atoms with van der Waals surface area (Å²) in [6.45, 7) is 2.20. The summed E-state index contributed by atoms with van der Waals surface area (Å²) >= 11 is 0. The molecule has 0 saturated carbocycles. The number of piperidine rings is 1. The van der Waals surface area contributed by atoms with Crippen molar-refractivity contribution >= 4 is 11.6 Å². The Balaban J connectivity index is 1.47. The number of hydrogen-bond donors (Lipinski definition) is 0. The van der Waals surface area contributed by atoms with E-state index in [4.69, 9.17) is 0 Å². The zero-order chi connectivity index (χ0) is 20.2. The third-order valence-corrected chi connectivity index (χ3v) is 5.51. The maximum absolute atomic E-state index is 13.0. The van der Waals surface area contributed by atoms with Crippen molar-refractivity contribution in [3.63, 3.8) is 0 Å². The molecule has 1 saturated heterocycles. The van der Waals surface area contributed by atoms with Crippen molar-refractivity contribution < 1.29 is 4.79 Å². The van der Waals surface area contributed by atoms with Crippen LogP contribution in [0.2, 0.25) is 0 Å². The maximum atomic E-state index is 13.0. The number of pyridine rings is 1. The molecule has 3 aromatic rings. The monoisotopic (exact) mass is 389 g/mol. The van der Waals surface area contributed by atoms with Crippen LogP contribution < -0.4 is 4.90 Å². The molecule has 4 rings (SSSR count). The molecule has 1 aromatic carbocycles. The predicted octanol–water partition coefficient (Wildman–Crippen LogP) is 3.41. The van der Waals surface area contributed by atoms with Gasteiger partial charge in [-0.1, -0.05) is 6.07 Å². The summed E-state index contributed by atoms with van der Waals surface area (Å²) in [6, 6.07) is 13.8. The van der Waals surface area contributed by atoms with Gasteiger partial charge in [0, 0.05) is 62.9 Å². The number of likely N-dealkylation sites (tertiary alicyclic amines) is 1.